The summed E-state index contributed by atoms with van der Waals surface area (Å²) in [6.45, 7) is 1.36. The van der Waals surface area contributed by atoms with Gasteiger partial charge >= 0.3 is 5.97 Å². The first-order valence-corrected chi connectivity index (χ1v) is 7.18. The second kappa shape index (κ2) is 5.39. The number of nitrogens with two attached hydrogens (primary N) is 1. The molecule has 1 heterocycles. The zero-order valence-corrected chi connectivity index (χ0v) is 11.0. The minimum atomic E-state index is -0.741. The van der Waals surface area contributed by atoms with Crippen LogP contribution in [0.3, 0.4) is 0 Å². The highest BCUT2D eigenvalue weighted by Crippen LogP contribution is 2.25. The predicted octanol–water partition coefficient (Wildman–Crippen LogP) is 0.624. The molecule has 6 heteroatoms. The van der Waals surface area contributed by atoms with Crippen molar-refractivity contribution in [2.45, 2.75) is 0 Å². The lowest BCUT2D eigenvalue weighted by molar-refractivity contribution is 0.0601. The molecule has 1 aliphatic rings. The lowest BCUT2D eigenvalue weighted by atomic mass is 10.1. The monoisotopic (exact) mass is 268 g/mol. The van der Waals surface area contributed by atoms with Crippen molar-refractivity contribution >= 4 is 28.1 Å². The van der Waals surface area contributed by atoms with Crippen LogP contribution < -0.4 is 10.6 Å². The van der Waals surface area contributed by atoms with Crippen LogP contribution in [0.4, 0.5) is 11.4 Å². The Morgan fingerprint density at radius 3 is 2.67 bits per heavy atom. The molecular formula is C12H16N2O3S. The molecule has 0 atom stereocenters. The van der Waals surface area contributed by atoms with E-state index in [2.05, 4.69) is 0 Å². The van der Waals surface area contributed by atoms with Crippen molar-refractivity contribution in [3.05, 3.63) is 23.8 Å². The van der Waals surface area contributed by atoms with E-state index in [0.29, 0.717) is 35.8 Å². The number of rotatable bonds is 2. The molecule has 1 aliphatic heterocycles. The first-order valence-electron chi connectivity index (χ1n) is 5.69. The predicted molar refractivity (Wildman–Crippen MR) is 72.3 cm³/mol. The molecule has 1 aromatic rings. The van der Waals surface area contributed by atoms with E-state index in [0.717, 1.165) is 5.69 Å². The van der Waals surface area contributed by atoms with Crippen LogP contribution in [0.2, 0.25) is 0 Å². The average Bonchev–Trinajstić information content (AvgIpc) is 2.39. The zero-order valence-electron chi connectivity index (χ0n) is 10.2. The van der Waals surface area contributed by atoms with E-state index in [-0.39, 0.29) is 0 Å². The van der Waals surface area contributed by atoms with Gasteiger partial charge in [-0.2, -0.15) is 0 Å². The summed E-state index contributed by atoms with van der Waals surface area (Å²) in [5, 5.41) is 0. The number of nitrogens with zero attached hydrogens (tertiary/aromatic N) is 1. The van der Waals surface area contributed by atoms with Gasteiger partial charge in [-0.25, -0.2) is 4.79 Å². The van der Waals surface area contributed by atoms with Gasteiger partial charge in [0.05, 0.1) is 18.4 Å². The number of methoxy groups -OCH3 is 1. The summed E-state index contributed by atoms with van der Waals surface area (Å²) in [6, 6.07) is 5.19. The smallest absolute Gasteiger partial charge is 0.340 e. The van der Waals surface area contributed by atoms with Crippen molar-refractivity contribution in [3.63, 3.8) is 0 Å². The van der Waals surface area contributed by atoms with E-state index >= 15 is 0 Å². The van der Waals surface area contributed by atoms with Gasteiger partial charge < -0.3 is 15.4 Å². The van der Waals surface area contributed by atoms with Gasteiger partial charge in [0, 0.05) is 41.1 Å². The molecule has 18 heavy (non-hydrogen) atoms. The highest BCUT2D eigenvalue weighted by Gasteiger charge is 2.21. The summed E-state index contributed by atoms with van der Waals surface area (Å²) in [7, 11) is 0.607. The maximum Gasteiger partial charge on any atom is 0.340 e. The van der Waals surface area contributed by atoms with E-state index in [1.165, 1.54) is 7.11 Å². The maximum atomic E-state index is 11.7. The highest BCUT2D eigenvalue weighted by atomic mass is 32.2. The highest BCUT2D eigenvalue weighted by molar-refractivity contribution is 7.85. The van der Waals surface area contributed by atoms with Gasteiger partial charge in [0.2, 0.25) is 0 Å². The molecule has 0 bridgehead atoms. The molecular weight excluding hydrogens is 252 g/mol. The SMILES string of the molecule is COC(=O)c1cc(N)ccc1N1CCS(=O)CC1. The van der Waals surface area contributed by atoms with Gasteiger partial charge in [0.1, 0.15) is 0 Å². The van der Waals surface area contributed by atoms with E-state index in [9.17, 15) is 9.00 Å². The van der Waals surface area contributed by atoms with Crippen molar-refractivity contribution in [3.8, 4) is 0 Å². The van der Waals surface area contributed by atoms with Crippen LogP contribution in [-0.4, -0.2) is 41.9 Å². The summed E-state index contributed by atoms with van der Waals surface area (Å²) in [6.07, 6.45) is 0. The Hall–Kier alpha value is -1.56. The Bertz CT molecular complexity index is 480. The molecule has 98 valence electrons. The van der Waals surface area contributed by atoms with Crippen molar-refractivity contribution in [2.75, 3.05) is 42.3 Å². The molecule has 2 rings (SSSR count). The molecule has 1 fully saturated rings. The fraction of sp³-hybridized carbons (Fsp3) is 0.417. The minimum Gasteiger partial charge on any atom is -0.465 e. The third-order valence-electron chi connectivity index (χ3n) is 2.94. The van der Waals surface area contributed by atoms with Gasteiger partial charge in [-0.15, -0.1) is 0 Å². The van der Waals surface area contributed by atoms with Crippen LogP contribution in [0, 0.1) is 0 Å². The van der Waals surface area contributed by atoms with Crippen molar-refractivity contribution in [2.24, 2.45) is 0 Å². The third kappa shape index (κ3) is 2.64. The number of nitrogen functional groups attached to an aromatic ring is 1. The van der Waals surface area contributed by atoms with Crippen molar-refractivity contribution in [1.82, 2.24) is 0 Å². The standard InChI is InChI=1S/C12H16N2O3S/c1-17-12(15)10-8-9(13)2-3-11(10)14-4-6-18(16)7-5-14/h2-3,8H,4-7,13H2,1H3. The van der Waals surface area contributed by atoms with E-state index in [1.807, 2.05) is 11.0 Å². The molecule has 0 radical (unpaired) electrons. The molecule has 2 N–H and O–H groups in total. The van der Waals surface area contributed by atoms with Gasteiger partial charge in [-0.1, -0.05) is 0 Å². The summed E-state index contributed by atoms with van der Waals surface area (Å²) in [5.41, 5.74) is 7.49. The van der Waals surface area contributed by atoms with Crippen LogP contribution in [-0.2, 0) is 15.5 Å². The maximum absolute atomic E-state index is 11.7. The molecule has 0 saturated carbocycles. The van der Waals surface area contributed by atoms with E-state index in [1.54, 1.807) is 12.1 Å². The molecule has 0 amide bonds. The molecule has 0 aromatic heterocycles. The number of benzene rings is 1. The molecule has 0 spiro atoms. The van der Waals surface area contributed by atoms with E-state index < -0.39 is 16.8 Å². The first kappa shape index (κ1) is 12.9. The molecule has 0 unspecified atom stereocenters. The van der Waals surface area contributed by atoms with Crippen LogP contribution in [0.25, 0.3) is 0 Å². The third-order valence-corrected chi connectivity index (χ3v) is 4.22. The number of hydrogen-bond acceptors (Lipinski definition) is 5. The summed E-state index contributed by atoms with van der Waals surface area (Å²) in [5.74, 6) is 0.861. The van der Waals surface area contributed by atoms with Crippen LogP contribution in [0.5, 0.6) is 0 Å². The van der Waals surface area contributed by atoms with Crippen LogP contribution in [0.1, 0.15) is 10.4 Å². The molecule has 5 nitrogen and oxygen atoms in total. The summed E-state index contributed by atoms with van der Waals surface area (Å²) in [4.78, 5) is 13.8. The van der Waals surface area contributed by atoms with Gasteiger partial charge in [0.25, 0.3) is 0 Å². The van der Waals surface area contributed by atoms with E-state index in [4.69, 9.17) is 10.5 Å². The first-order chi connectivity index (χ1) is 8.61. The molecule has 1 saturated heterocycles. The van der Waals surface area contributed by atoms with Crippen LogP contribution >= 0.6 is 0 Å². The average molecular weight is 268 g/mol. The minimum absolute atomic E-state index is 0.399. The topological polar surface area (TPSA) is 72.6 Å². The quantitative estimate of drug-likeness (QED) is 0.629. The number of carbonyl (C=O) groups excluding carboxylic acids is 1. The molecule has 0 aliphatic carbocycles. The number of esters is 1. The largest absolute Gasteiger partial charge is 0.465 e. The summed E-state index contributed by atoms with van der Waals surface area (Å²) >= 11 is 0. The fourth-order valence-corrected chi connectivity index (χ4v) is 3.03. The number of hydrogen-bond donors (Lipinski definition) is 1. The van der Waals surface area contributed by atoms with Crippen LogP contribution in [0.15, 0.2) is 18.2 Å². The number of ether oxygens (including phenoxy) is 1. The van der Waals surface area contributed by atoms with Gasteiger partial charge in [0.15, 0.2) is 0 Å². The second-order valence-electron chi connectivity index (χ2n) is 4.10. The Kier molecular flexibility index (Phi) is 3.86. The lowest BCUT2D eigenvalue weighted by Gasteiger charge is -2.29. The summed E-state index contributed by atoms with van der Waals surface area (Å²) < 4.78 is 16.1. The Morgan fingerprint density at radius 1 is 1.39 bits per heavy atom. The molecule has 1 aromatic carbocycles. The Labute approximate surface area is 108 Å². The Morgan fingerprint density at radius 2 is 2.06 bits per heavy atom. The number of anilines is 2. The van der Waals surface area contributed by atoms with Gasteiger partial charge in [-0.05, 0) is 18.2 Å². The Balaban J connectivity index is 2.31. The zero-order chi connectivity index (χ0) is 13.1. The van der Waals surface area contributed by atoms with Crippen molar-refractivity contribution < 1.29 is 13.7 Å². The number of carbonyl (C=O) groups is 1. The lowest BCUT2D eigenvalue weighted by Crippen LogP contribution is -2.38. The normalized spacial score (nSPS) is 16.6. The fourth-order valence-electron chi connectivity index (χ4n) is 1.98. The van der Waals surface area contributed by atoms with Crippen molar-refractivity contribution in [1.29, 1.82) is 0 Å². The van der Waals surface area contributed by atoms with Gasteiger partial charge in [-0.3, -0.25) is 4.21 Å². The second-order valence-corrected chi connectivity index (χ2v) is 5.80.